The van der Waals surface area contributed by atoms with Crippen LogP contribution < -0.4 is 4.74 Å². The number of nitrogens with zero attached hydrogens (tertiary/aromatic N) is 1. The number of aliphatic carboxylic acids is 1. The van der Waals surface area contributed by atoms with Gasteiger partial charge in [0.2, 0.25) is 0 Å². The molecule has 0 atom stereocenters. The van der Waals surface area contributed by atoms with E-state index in [1.54, 1.807) is 19.2 Å². The highest BCUT2D eigenvalue weighted by Crippen LogP contribution is 2.22. The zero-order valence-electron chi connectivity index (χ0n) is 12.0. The Bertz CT molecular complexity index is 663. The van der Waals surface area contributed by atoms with Crippen LogP contribution in [0.2, 0.25) is 0 Å². The van der Waals surface area contributed by atoms with Gasteiger partial charge in [-0.25, -0.2) is 0 Å². The summed E-state index contributed by atoms with van der Waals surface area (Å²) in [4.78, 5) is 27.6. The minimum absolute atomic E-state index is 0.300. The van der Waals surface area contributed by atoms with E-state index in [1.165, 1.54) is 4.90 Å². The third-order valence-corrected chi connectivity index (χ3v) is 3.17. The highest BCUT2D eigenvalue weighted by atomic mass is 16.5. The highest BCUT2D eigenvalue weighted by Gasteiger charge is 2.19. The standard InChI is InChI=1S/C15H18N2O4/c1-3-6-17(9-14(18)19)15(20)13-8-10-7-11(21-2)4-5-12(10)16-13/h4-5,7-8,16H,3,6,9H2,1-2H3,(H,18,19). The first-order valence-corrected chi connectivity index (χ1v) is 6.73. The number of carboxylic acids is 1. The molecule has 1 amide bonds. The Labute approximate surface area is 122 Å². The molecule has 0 aliphatic carbocycles. The fourth-order valence-electron chi connectivity index (χ4n) is 2.21. The predicted octanol–water partition coefficient (Wildman–Crippen LogP) is 2.11. The van der Waals surface area contributed by atoms with Crippen molar-refractivity contribution in [1.29, 1.82) is 0 Å². The molecule has 112 valence electrons. The largest absolute Gasteiger partial charge is 0.497 e. The van der Waals surface area contributed by atoms with E-state index < -0.39 is 5.97 Å². The molecule has 0 unspecified atom stereocenters. The van der Waals surface area contributed by atoms with Crippen LogP contribution in [0.1, 0.15) is 23.8 Å². The quantitative estimate of drug-likeness (QED) is 0.853. The zero-order chi connectivity index (χ0) is 15.4. The summed E-state index contributed by atoms with van der Waals surface area (Å²) in [6.07, 6.45) is 0.701. The van der Waals surface area contributed by atoms with E-state index in [0.29, 0.717) is 24.4 Å². The number of carbonyl (C=O) groups excluding carboxylic acids is 1. The number of hydrogen-bond acceptors (Lipinski definition) is 3. The Kier molecular flexibility index (Phi) is 4.47. The number of carbonyl (C=O) groups is 2. The molecule has 1 heterocycles. The van der Waals surface area contributed by atoms with Crippen molar-refractivity contribution in [1.82, 2.24) is 9.88 Å². The Morgan fingerprint density at radius 2 is 2.10 bits per heavy atom. The summed E-state index contributed by atoms with van der Waals surface area (Å²) < 4.78 is 5.14. The van der Waals surface area contributed by atoms with Crippen LogP contribution >= 0.6 is 0 Å². The van der Waals surface area contributed by atoms with Crippen LogP contribution in [0.5, 0.6) is 5.75 Å². The van der Waals surface area contributed by atoms with E-state index in [1.807, 2.05) is 19.1 Å². The Balaban J connectivity index is 2.30. The lowest BCUT2D eigenvalue weighted by molar-refractivity contribution is -0.137. The first-order valence-electron chi connectivity index (χ1n) is 6.73. The topological polar surface area (TPSA) is 82.6 Å². The predicted molar refractivity (Wildman–Crippen MR) is 78.7 cm³/mol. The van der Waals surface area contributed by atoms with Crippen molar-refractivity contribution in [3.8, 4) is 5.75 Å². The number of carboxylic acid groups (broad SMARTS) is 1. The maximum Gasteiger partial charge on any atom is 0.323 e. The minimum atomic E-state index is -1.02. The van der Waals surface area contributed by atoms with Crippen LogP contribution in [-0.4, -0.2) is 47.1 Å². The SMILES string of the molecule is CCCN(CC(=O)O)C(=O)c1cc2cc(OC)ccc2[nH]1. The van der Waals surface area contributed by atoms with Crippen molar-refractivity contribution in [3.63, 3.8) is 0 Å². The van der Waals surface area contributed by atoms with Gasteiger partial charge in [-0.05, 0) is 30.7 Å². The molecular weight excluding hydrogens is 272 g/mol. The first kappa shape index (κ1) is 14.9. The van der Waals surface area contributed by atoms with Gasteiger partial charge in [0.15, 0.2) is 0 Å². The lowest BCUT2D eigenvalue weighted by Gasteiger charge is -2.18. The van der Waals surface area contributed by atoms with Gasteiger partial charge in [-0.1, -0.05) is 6.92 Å². The molecule has 0 spiro atoms. The average molecular weight is 290 g/mol. The van der Waals surface area contributed by atoms with Gasteiger partial charge in [0.1, 0.15) is 18.0 Å². The monoisotopic (exact) mass is 290 g/mol. The fourth-order valence-corrected chi connectivity index (χ4v) is 2.21. The summed E-state index contributed by atoms with van der Waals surface area (Å²) >= 11 is 0. The molecule has 1 aromatic heterocycles. The number of aromatic amines is 1. The Hall–Kier alpha value is -2.50. The van der Waals surface area contributed by atoms with Crippen molar-refractivity contribution in [2.75, 3.05) is 20.2 Å². The molecule has 0 radical (unpaired) electrons. The van der Waals surface area contributed by atoms with Crippen LogP contribution in [0.3, 0.4) is 0 Å². The molecule has 0 saturated heterocycles. The number of hydrogen-bond donors (Lipinski definition) is 2. The molecule has 2 aromatic rings. The molecule has 0 aliphatic heterocycles. The molecule has 0 fully saturated rings. The Morgan fingerprint density at radius 1 is 1.33 bits per heavy atom. The number of nitrogens with one attached hydrogen (secondary N) is 1. The second-order valence-electron chi connectivity index (χ2n) is 4.76. The van der Waals surface area contributed by atoms with Crippen LogP contribution in [-0.2, 0) is 4.79 Å². The second kappa shape index (κ2) is 6.30. The van der Waals surface area contributed by atoms with E-state index in [-0.39, 0.29) is 12.5 Å². The Morgan fingerprint density at radius 3 is 2.71 bits per heavy atom. The van der Waals surface area contributed by atoms with Gasteiger partial charge in [0, 0.05) is 17.4 Å². The van der Waals surface area contributed by atoms with E-state index >= 15 is 0 Å². The molecule has 2 N–H and O–H groups in total. The van der Waals surface area contributed by atoms with Crippen LogP contribution in [0.15, 0.2) is 24.3 Å². The molecular formula is C15H18N2O4. The number of fused-ring (bicyclic) bond motifs is 1. The third-order valence-electron chi connectivity index (χ3n) is 3.17. The van der Waals surface area contributed by atoms with Gasteiger partial charge in [0.25, 0.3) is 5.91 Å². The summed E-state index contributed by atoms with van der Waals surface area (Å²) in [6.45, 7) is 2.01. The normalized spacial score (nSPS) is 10.6. The van der Waals surface area contributed by atoms with Gasteiger partial charge in [-0.2, -0.15) is 0 Å². The number of rotatable bonds is 6. The summed E-state index contributed by atoms with van der Waals surface area (Å²) in [6, 6.07) is 7.16. The maximum atomic E-state index is 12.4. The summed E-state index contributed by atoms with van der Waals surface area (Å²) in [7, 11) is 1.58. The smallest absolute Gasteiger partial charge is 0.323 e. The minimum Gasteiger partial charge on any atom is -0.497 e. The van der Waals surface area contributed by atoms with Crippen molar-refractivity contribution >= 4 is 22.8 Å². The van der Waals surface area contributed by atoms with Gasteiger partial charge in [-0.3, -0.25) is 9.59 Å². The van der Waals surface area contributed by atoms with E-state index in [4.69, 9.17) is 9.84 Å². The zero-order valence-corrected chi connectivity index (χ0v) is 12.0. The molecule has 0 aliphatic rings. The van der Waals surface area contributed by atoms with Crippen molar-refractivity contribution in [2.45, 2.75) is 13.3 Å². The average Bonchev–Trinajstić information content (AvgIpc) is 2.88. The summed E-state index contributed by atoms with van der Waals surface area (Å²) in [5, 5.41) is 9.75. The van der Waals surface area contributed by atoms with Crippen molar-refractivity contribution < 1.29 is 19.4 Å². The highest BCUT2D eigenvalue weighted by molar-refractivity contribution is 5.99. The lowest BCUT2D eigenvalue weighted by atomic mass is 10.2. The molecule has 2 rings (SSSR count). The molecule has 0 saturated carbocycles. The molecule has 6 heteroatoms. The molecule has 21 heavy (non-hydrogen) atoms. The number of aromatic nitrogens is 1. The van der Waals surface area contributed by atoms with Gasteiger partial charge in [0.05, 0.1) is 7.11 Å². The molecule has 6 nitrogen and oxygen atoms in total. The maximum absolute atomic E-state index is 12.4. The first-order chi connectivity index (χ1) is 10.0. The van der Waals surface area contributed by atoms with Crippen LogP contribution in [0.4, 0.5) is 0 Å². The third kappa shape index (κ3) is 3.34. The number of ether oxygens (including phenoxy) is 1. The van der Waals surface area contributed by atoms with Crippen LogP contribution in [0, 0.1) is 0 Å². The number of methoxy groups -OCH3 is 1. The van der Waals surface area contributed by atoms with E-state index in [2.05, 4.69) is 4.98 Å². The van der Waals surface area contributed by atoms with Gasteiger partial charge in [-0.15, -0.1) is 0 Å². The number of benzene rings is 1. The molecule has 0 bridgehead atoms. The van der Waals surface area contributed by atoms with Crippen molar-refractivity contribution in [3.05, 3.63) is 30.0 Å². The number of H-pyrrole nitrogens is 1. The second-order valence-corrected chi connectivity index (χ2v) is 4.76. The fraction of sp³-hybridized carbons (Fsp3) is 0.333. The molecule has 1 aromatic carbocycles. The van der Waals surface area contributed by atoms with Gasteiger partial charge < -0.3 is 19.7 Å². The van der Waals surface area contributed by atoms with Gasteiger partial charge >= 0.3 is 5.97 Å². The van der Waals surface area contributed by atoms with Crippen molar-refractivity contribution in [2.24, 2.45) is 0 Å². The number of amides is 1. The summed E-state index contributed by atoms with van der Waals surface area (Å²) in [5.74, 6) is -0.625. The van der Waals surface area contributed by atoms with E-state index in [9.17, 15) is 9.59 Å². The summed E-state index contributed by atoms with van der Waals surface area (Å²) in [5.41, 5.74) is 1.19. The van der Waals surface area contributed by atoms with Crippen LogP contribution in [0.25, 0.3) is 10.9 Å². The lowest BCUT2D eigenvalue weighted by Crippen LogP contribution is -2.36. The van der Waals surface area contributed by atoms with E-state index in [0.717, 1.165) is 10.9 Å².